The van der Waals surface area contributed by atoms with Crippen molar-refractivity contribution in [3.63, 3.8) is 0 Å². The minimum absolute atomic E-state index is 0.243. The molecule has 3 aromatic rings. The lowest BCUT2D eigenvalue weighted by molar-refractivity contribution is 0.102. The smallest absolute Gasteiger partial charge is 0.277 e. The van der Waals surface area contributed by atoms with E-state index in [0.717, 1.165) is 16.4 Å². The Labute approximate surface area is 131 Å². The van der Waals surface area contributed by atoms with Gasteiger partial charge in [0.2, 0.25) is 0 Å². The summed E-state index contributed by atoms with van der Waals surface area (Å²) in [6.07, 6.45) is 3.48. The highest BCUT2D eigenvalue weighted by Crippen LogP contribution is 2.21. The molecule has 0 fully saturated rings. The molecule has 0 aliphatic carbocycles. The molecule has 1 N–H and O–H groups in total. The van der Waals surface area contributed by atoms with Gasteiger partial charge >= 0.3 is 0 Å². The summed E-state index contributed by atoms with van der Waals surface area (Å²) in [6, 6.07) is 3.36. The number of hydrogen-bond acceptors (Lipinski definition) is 6. The van der Waals surface area contributed by atoms with Gasteiger partial charge in [-0.3, -0.25) is 14.7 Å². The molecule has 0 aromatic carbocycles. The molecule has 8 heteroatoms. The lowest BCUT2D eigenvalue weighted by atomic mass is 10.3. The Morgan fingerprint density at radius 3 is 2.59 bits per heavy atom. The van der Waals surface area contributed by atoms with Gasteiger partial charge in [0, 0.05) is 17.3 Å². The average molecular weight is 314 g/mol. The molecule has 3 rings (SSSR count). The van der Waals surface area contributed by atoms with E-state index in [4.69, 9.17) is 0 Å². The van der Waals surface area contributed by atoms with Crippen molar-refractivity contribution >= 4 is 22.4 Å². The molecule has 22 heavy (non-hydrogen) atoms. The molecule has 1 amide bonds. The van der Waals surface area contributed by atoms with Crippen LogP contribution in [0.2, 0.25) is 0 Å². The first-order chi connectivity index (χ1) is 10.5. The van der Waals surface area contributed by atoms with Gasteiger partial charge in [-0.1, -0.05) is 0 Å². The topological polar surface area (TPSA) is 85.6 Å². The Bertz CT molecular complexity index is 801. The Kier molecular flexibility index (Phi) is 3.68. The Hall–Kier alpha value is -2.61. The van der Waals surface area contributed by atoms with Gasteiger partial charge in [-0.2, -0.15) is 0 Å². The van der Waals surface area contributed by atoms with Crippen LogP contribution in [0.25, 0.3) is 5.82 Å². The molecule has 7 nitrogen and oxygen atoms in total. The van der Waals surface area contributed by atoms with Crippen LogP contribution < -0.4 is 5.32 Å². The summed E-state index contributed by atoms with van der Waals surface area (Å²) in [5, 5.41) is 11.3. The minimum Gasteiger partial charge on any atom is -0.296 e. The Balaban J connectivity index is 1.78. The van der Waals surface area contributed by atoms with E-state index in [1.807, 2.05) is 20.8 Å². The van der Waals surface area contributed by atoms with Crippen LogP contribution in [-0.4, -0.2) is 30.6 Å². The van der Waals surface area contributed by atoms with Crippen molar-refractivity contribution in [2.75, 3.05) is 5.32 Å². The zero-order chi connectivity index (χ0) is 15.7. The summed E-state index contributed by atoms with van der Waals surface area (Å²) in [5.74, 6) is 1.10. The quantitative estimate of drug-likeness (QED) is 0.801. The predicted molar refractivity (Wildman–Crippen MR) is 83.4 cm³/mol. The maximum Gasteiger partial charge on any atom is 0.277 e. The lowest BCUT2D eigenvalue weighted by Crippen LogP contribution is -2.15. The standard InChI is InChI=1S/C14H14N6OS/c1-8-9(2)22-14(16-8)17-13(21)11-4-5-12(19-18-11)20-7-6-15-10(20)3/h4-7H,1-3H3,(H,16,17,21). The van der Waals surface area contributed by atoms with Crippen LogP contribution in [0.4, 0.5) is 5.13 Å². The zero-order valence-corrected chi connectivity index (χ0v) is 13.2. The summed E-state index contributed by atoms with van der Waals surface area (Å²) < 4.78 is 1.79. The minimum atomic E-state index is -0.324. The van der Waals surface area contributed by atoms with Crippen molar-refractivity contribution < 1.29 is 4.79 Å². The number of carbonyl (C=O) groups excluding carboxylic acids is 1. The van der Waals surface area contributed by atoms with E-state index in [1.54, 1.807) is 29.1 Å². The van der Waals surface area contributed by atoms with Crippen molar-refractivity contribution in [1.29, 1.82) is 0 Å². The first kappa shape index (κ1) is 14.3. The first-order valence-corrected chi connectivity index (χ1v) is 7.45. The van der Waals surface area contributed by atoms with Crippen LogP contribution in [0.3, 0.4) is 0 Å². The van der Waals surface area contributed by atoms with Crippen molar-refractivity contribution in [2.45, 2.75) is 20.8 Å². The molecule has 0 radical (unpaired) electrons. The van der Waals surface area contributed by atoms with Crippen molar-refractivity contribution in [3.8, 4) is 5.82 Å². The summed E-state index contributed by atoms with van der Waals surface area (Å²) >= 11 is 1.44. The number of hydrogen-bond donors (Lipinski definition) is 1. The number of nitrogens with zero attached hydrogens (tertiary/aromatic N) is 5. The molecule has 0 unspecified atom stereocenters. The summed E-state index contributed by atoms with van der Waals surface area (Å²) in [6.45, 7) is 5.74. The summed E-state index contributed by atoms with van der Waals surface area (Å²) in [5.41, 5.74) is 1.16. The summed E-state index contributed by atoms with van der Waals surface area (Å²) in [7, 11) is 0. The van der Waals surface area contributed by atoms with Gasteiger partial charge in [0.15, 0.2) is 16.6 Å². The molecule has 0 saturated heterocycles. The molecular weight excluding hydrogens is 300 g/mol. The van der Waals surface area contributed by atoms with Crippen LogP contribution in [0, 0.1) is 20.8 Å². The molecule has 112 valence electrons. The fourth-order valence-corrected chi connectivity index (χ4v) is 2.69. The normalized spacial score (nSPS) is 10.7. The number of anilines is 1. The van der Waals surface area contributed by atoms with Gasteiger partial charge in [0.1, 0.15) is 5.82 Å². The second-order valence-corrected chi connectivity index (χ2v) is 5.94. The van der Waals surface area contributed by atoms with E-state index in [2.05, 4.69) is 25.5 Å². The monoisotopic (exact) mass is 314 g/mol. The van der Waals surface area contributed by atoms with E-state index >= 15 is 0 Å². The van der Waals surface area contributed by atoms with Gasteiger partial charge in [0.25, 0.3) is 5.91 Å². The van der Waals surface area contributed by atoms with Gasteiger partial charge < -0.3 is 0 Å². The maximum atomic E-state index is 12.1. The third-order valence-corrected chi connectivity index (χ3v) is 4.19. The summed E-state index contributed by atoms with van der Waals surface area (Å²) in [4.78, 5) is 21.6. The van der Waals surface area contributed by atoms with Crippen molar-refractivity contribution in [3.05, 3.63) is 46.6 Å². The number of imidazole rings is 1. The number of thiazole rings is 1. The highest BCUT2D eigenvalue weighted by Gasteiger charge is 2.12. The number of nitrogens with one attached hydrogen (secondary N) is 1. The zero-order valence-electron chi connectivity index (χ0n) is 12.4. The third-order valence-electron chi connectivity index (χ3n) is 3.20. The van der Waals surface area contributed by atoms with Gasteiger partial charge in [0.05, 0.1) is 5.69 Å². The number of aryl methyl sites for hydroxylation is 3. The molecule has 3 heterocycles. The van der Waals surface area contributed by atoms with Crippen LogP contribution in [0.15, 0.2) is 24.5 Å². The number of aromatic nitrogens is 5. The van der Waals surface area contributed by atoms with E-state index < -0.39 is 0 Å². The molecule has 3 aromatic heterocycles. The lowest BCUT2D eigenvalue weighted by Gasteiger charge is -2.04. The van der Waals surface area contributed by atoms with E-state index in [0.29, 0.717) is 10.9 Å². The van der Waals surface area contributed by atoms with Crippen LogP contribution in [0.5, 0.6) is 0 Å². The SMILES string of the molecule is Cc1nc(NC(=O)c2ccc(-n3ccnc3C)nn2)sc1C. The van der Waals surface area contributed by atoms with Gasteiger partial charge in [-0.15, -0.1) is 21.5 Å². The Morgan fingerprint density at radius 1 is 1.23 bits per heavy atom. The largest absolute Gasteiger partial charge is 0.296 e. The fourth-order valence-electron chi connectivity index (χ4n) is 1.88. The predicted octanol–water partition coefficient (Wildman–Crippen LogP) is 2.30. The van der Waals surface area contributed by atoms with Gasteiger partial charge in [-0.05, 0) is 32.9 Å². The second-order valence-electron chi connectivity index (χ2n) is 4.74. The molecular formula is C14H14N6OS. The number of carbonyl (C=O) groups is 1. The third kappa shape index (κ3) is 2.73. The number of amides is 1. The van der Waals surface area contributed by atoms with Crippen molar-refractivity contribution in [1.82, 2.24) is 24.7 Å². The van der Waals surface area contributed by atoms with E-state index in [-0.39, 0.29) is 11.6 Å². The Morgan fingerprint density at radius 2 is 2.05 bits per heavy atom. The maximum absolute atomic E-state index is 12.1. The molecule has 0 aliphatic heterocycles. The number of rotatable bonds is 3. The highest BCUT2D eigenvalue weighted by molar-refractivity contribution is 7.15. The molecule has 0 atom stereocenters. The average Bonchev–Trinajstić information content (AvgIpc) is 3.05. The van der Waals surface area contributed by atoms with E-state index in [1.165, 1.54) is 11.3 Å². The van der Waals surface area contributed by atoms with Crippen molar-refractivity contribution in [2.24, 2.45) is 0 Å². The van der Waals surface area contributed by atoms with Gasteiger partial charge in [-0.25, -0.2) is 9.97 Å². The molecule has 0 spiro atoms. The van der Waals surface area contributed by atoms with Crippen LogP contribution in [-0.2, 0) is 0 Å². The molecule has 0 bridgehead atoms. The highest BCUT2D eigenvalue weighted by atomic mass is 32.1. The van der Waals surface area contributed by atoms with Crippen LogP contribution in [0.1, 0.15) is 26.9 Å². The molecule has 0 saturated carbocycles. The first-order valence-electron chi connectivity index (χ1n) is 6.64. The van der Waals surface area contributed by atoms with Crippen LogP contribution >= 0.6 is 11.3 Å². The molecule has 0 aliphatic rings. The van der Waals surface area contributed by atoms with E-state index in [9.17, 15) is 4.79 Å². The fraction of sp³-hybridized carbons (Fsp3) is 0.214. The second kappa shape index (κ2) is 5.64.